The minimum Gasteiger partial charge on any atom is -0.383 e. The Balaban J connectivity index is 1.68. The molecular weight excluding hydrogens is 316 g/mol. The Morgan fingerprint density at radius 2 is 1.88 bits per heavy atom. The number of para-hydroxylation sites is 1. The Kier molecular flexibility index (Phi) is 4.10. The minimum atomic E-state index is 0.649. The maximum absolute atomic E-state index is 6.33. The van der Waals surface area contributed by atoms with Gasteiger partial charge in [-0.15, -0.1) is 11.3 Å². The normalized spacial score (nSPS) is 14.4. The van der Waals surface area contributed by atoms with Gasteiger partial charge in [0.05, 0.1) is 11.9 Å². The van der Waals surface area contributed by atoms with Crippen molar-refractivity contribution < 1.29 is 0 Å². The largest absolute Gasteiger partial charge is 0.383 e. The molecule has 0 radical (unpaired) electrons. The molecule has 2 aromatic heterocycles. The third kappa shape index (κ3) is 2.84. The number of benzene rings is 1. The number of rotatable bonds is 3. The van der Waals surface area contributed by atoms with Gasteiger partial charge < -0.3 is 10.6 Å². The first kappa shape index (κ1) is 15.4. The first-order valence-corrected chi connectivity index (χ1v) is 9.37. The van der Waals surface area contributed by atoms with E-state index in [1.807, 2.05) is 29.5 Å². The van der Waals surface area contributed by atoms with Gasteiger partial charge in [-0.05, 0) is 43.4 Å². The zero-order valence-corrected chi connectivity index (χ0v) is 14.8. The van der Waals surface area contributed by atoms with Gasteiger partial charge in [-0.1, -0.05) is 24.6 Å². The van der Waals surface area contributed by atoms with E-state index < -0.39 is 0 Å². The summed E-state index contributed by atoms with van der Waals surface area (Å²) < 4.78 is 0. The lowest BCUT2D eigenvalue weighted by molar-refractivity contribution is 0.713. The van der Waals surface area contributed by atoms with Crippen LogP contribution in [0.5, 0.6) is 0 Å². The molecule has 0 saturated heterocycles. The standard InChI is InChI=1S/C19H22N4S/c1-23(13-8-4-2-5-9-13)12-16-21-18(20)17-14-10-6-3-7-11-15(14)24-19(17)22-16/h2,4-5,8-9H,3,6-7,10-12H2,1H3,(H2,20,21,22). The van der Waals surface area contributed by atoms with E-state index in [1.165, 1.54) is 29.7 Å². The number of nitrogens with zero attached hydrogens (tertiary/aromatic N) is 3. The fourth-order valence-corrected chi connectivity index (χ4v) is 4.75. The van der Waals surface area contributed by atoms with Gasteiger partial charge in [0.1, 0.15) is 10.6 Å². The van der Waals surface area contributed by atoms with Crippen LogP contribution in [0, 0.1) is 0 Å². The number of anilines is 2. The van der Waals surface area contributed by atoms with Gasteiger partial charge in [-0.25, -0.2) is 9.97 Å². The quantitative estimate of drug-likeness (QED) is 0.728. The van der Waals surface area contributed by atoms with Crippen molar-refractivity contribution in [3.05, 3.63) is 46.6 Å². The Morgan fingerprint density at radius 3 is 2.71 bits per heavy atom. The van der Waals surface area contributed by atoms with Crippen LogP contribution in [0.25, 0.3) is 10.2 Å². The molecule has 0 saturated carbocycles. The van der Waals surface area contributed by atoms with Gasteiger partial charge in [0.15, 0.2) is 5.82 Å². The fraction of sp³-hybridized carbons (Fsp3) is 0.368. The molecule has 5 heteroatoms. The molecule has 0 spiro atoms. The van der Waals surface area contributed by atoms with Crippen molar-refractivity contribution in [3.8, 4) is 0 Å². The van der Waals surface area contributed by atoms with E-state index in [-0.39, 0.29) is 0 Å². The number of aromatic nitrogens is 2. The highest BCUT2D eigenvalue weighted by Crippen LogP contribution is 2.37. The van der Waals surface area contributed by atoms with E-state index in [9.17, 15) is 0 Å². The first-order chi connectivity index (χ1) is 11.7. The van der Waals surface area contributed by atoms with Crippen LogP contribution in [0.4, 0.5) is 11.5 Å². The van der Waals surface area contributed by atoms with Crippen LogP contribution in [0.15, 0.2) is 30.3 Å². The summed E-state index contributed by atoms with van der Waals surface area (Å²) in [7, 11) is 2.06. The lowest BCUT2D eigenvalue weighted by Gasteiger charge is -2.18. The lowest BCUT2D eigenvalue weighted by atomic mass is 10.1. The molecule has 0 amide bonds. The second-order valence-electron chi connectivity index (χ2n) is 6.46. The van der Waals surface area contributed by atoms with Crippen molar-refractivity contribution >= 4 is 33.1 Å². The van der Waals surface area contributed by atoms with Crippen LogP contribution in [0.3, 0.4) is 0 Å². The highest BCUT2D eigenvalue weighted by atomic mass is 32.1. The molecule has 0 unspecified atom stereocenters. The van der Waals surface area contributed by atoms with Crippen molar-refractivity contribution in [3.63, 3.8) is 0 Å². The van der Waals surface area contributed by atoms with Crippen molar-refractivity contribution in [1.82, 2.24) is 9.97 Å². The molecule has 0 aliphatic heterocycles. The third-order valence-electron chi connectivity index (χ3n) is 4.71. The van der Waals surface area contributed by atoms with Crippen molar-refractivity contribution in [2.24, 2.45) is 0 Å². The molecule has 0 fully saturated rings. The molecule has 4 nitrogen and oxygen atoms in total. The molecule has 4 rings (SSSR count). The van der Waals surface area contributed by atoms with E-state index in [4.69, 9.17) is 10.7 Å². The number of thiophene rings is 1. The van der Waals surface area contributed by atoms with E-state index >= 15 is 0 Å². The van der Waals surface area contributed by atoms with Crippen LogP contribution >= 0.6 is 11.3 Å². The van der Waals surface area contributed by atoms with Gasteiger partial charge >= 0.3 is 0 Å². The Bertz CT molecular complexity index is 857. The van der Waals surface area contributed by atoms with Gasteiger partial charge in [0, 0.05) is 17.6 Å². The molecule has 1 aliphatic carbocycles. The van der Waals surface area contributed by atoms with Crippen LogP contribution in [-0.2, 0) is 19.4 Å². The van der Waals surface area contributed by atoms with Crippen molar-refractivity contribution in [1.29, 1.82) is 0 Å². The second-order valence-corrected chi connectivity index (χ2v) is 7.54. The van der Waals surface area contributed by atoms with E-state index in [1.54, 1.807) is 0 Å². The van der Waals surface area contributed by atoms with Crippen LogP contribution in [0.2, 0.25) is 0 Å². The predicted molar refractivity (Wildman–Crippen MR) is 102 cm³/mol. The monoisotopic (exact) mass is 338 g/mol. The number of hydrogen-bond acceptors (Lipinski definition) is 5. The highest BCUT2D eigenvalue weighted by Gasteiger charge is 2.19. The average molecular weight is 338 g/mol. The second kappa shape index (κ2) is 6.40. The minimum absolute atomic E-state index is 0.649. The molecule has 0 bridgehead atoms. The molecular formula is C19H22N4S. The zero-order valence-electron chi connectivity index (χ0n) is 14.0. The molecule has 1 aromatic carbocycles. The predicted octanol–water partition coefficient (Wildman–Crippen LogP) is 4.18. The summed E-state index contributed by atoms with van der Waals surface area (Å²) in [5.41, 5.74) is 8.89. The summed E-state index contributed by atoms with van der Waals surface area (Å²) in [5.74, 6) is 1.44. The molecule has 1 aliphatic rings. The summed E-state index contributed by atoms with van der Waals surface area (Å²) in [5, 5.41) is 1.11. The van der Waals surface area contributed by atoms with Gasteiger partial charge in [-0.2, -0.15) is 0 Å². The SMILES string of the molecule is CN(Cc1nc(N)c2c3c(sc2n1)CCCCC3)c1ccccc1. The number of fused-ring (bicyclic) bond motifs is 3. The van der Waals surface area contributed by atoms with E-state index in [2.05, 4.69) is 29.1 Å². The average Bonchev–Trinajstić information content (AvgIpc) is 2.78. The van der Waals surface area contributed by atoms with Crippen molar-refractivity contribution in [2.75, 3.05) is 17.7 Å². The molecule has 3 aromatic rings. The Morgan fingerprint density at radius 1 is 1.08 bits per heavy atom. The Hall–Kier alpha value is -2.14. The molecule has 2 N–H and O–H groups in total. The summed E-state index contributed by atoms with van der Waals surface area (Å²) >= 11 is 1.81. The summed E-state index contributed by atoms with van der Waals surface area (Å²) in [6.07, 6.45) is 6.11. The summed E-state index contributed by atoms with van der Waals surface area (Å²) in [6, 6.07) is 10.3. The first-order valence-electron chi connectivity index (χ1n) is 8.55. The topological polar surface area (TPSA) is 55.0 Å². The van der Waals surface area contributed by atoms with E-state index in [0.717, 1.165) is 34.6 Å². The molecule has 0 atom stereocenters. The molecule has 2 heterocycles. The zero-order chi connectivity index (χ0) is 16.5. The number of nitrogen functional groups attached to an aromatic ring is 1. The van der Waals surface area contributed by atoms with E-state index in [0.29, 0.717) is 12.4 Å². The Labute approximate surface area is 146 Å². The number of aryl methyl sites for hydroxylation is 2. The van der Waals surface area contributed by atoms with Crippen molar-refractivity contribution in [2.45, 2.75) is 38.6 Å². The number of nitrogens with two attached hydrogens (primary N) is 1. The maximum Gasteiger partial charge on any atom is 0.151 e. The van der Waals surface area contributed by atoms with Crippen LogP contribution in [0.1, 0.15) is 35.5 Å². The molecule has 124 valence electrons. The van der Waals surface area contributed by atoms with Crippen LogP contribution < -0.4 is 10.6 Å². The maximum atomic E-state index is 6.33. The lowest BCUT2D eigenvalue weighted by Crippen LogP contribution is -2.18. The van der Waals surface area contributed by atoms with Crippen LogP contribution in [-0.4, -0.2) is 17.0 Å². The third-order valence-corrected chi connectivity index (χ3v) is 5.90. The van der Waals surface area contributed by atoms with Gasteiger partial charge in [-0.3, -0.25) is 0 Å². The smallest absolute Gasteiger partial charge is 0.151 e. The van der Waals surface area contributed by atoms with Gasteiger partial charge in [0.2, 0.25) is 0 Å². The summed E-state index contributed by atoms with van der Waals surface area (Å²) in [6.45, 7) is 0.659. The van der Waals surface area contributed by atoms with Gasteiger partial charge in [0.25, 0.3) is 0 Å². The number of hydrogen-bond donors (Lipinski definition) is 1. The fourth-order valence-electron chi connectivity index (χ4n) is 3.46. The molecule has 24 heavy (non-hydrogen) atoms. The summed E-state index contributed by atoms with van der Waals surface area (Å²) in [4.78, 5) is 14.1. The highest BCUT2D eigenvalue weighted by molar-refractivity contribution is 7.19.